The molecule has 0 radical (unpaired) electrons. The van der Waals surface area contributed by atoms with E-state index in [1.165, 1.54) is 35.7 Å². The molecule has 0 spiro atoms. The molecule has 1 atom stereocenters. The molecule has 0 aliphatic carbocycles. The molecule has 1 saturated heterocycles. The number of nitrogens with two attached hydrogens (primary N) is 1. The highest BCUT2D eigenvalue weighted by Gasteiger charge is 2.39. The highest BCUT2D eigenvalue weighted by atomic mass is 35.5. The molecule has 1 aliphatic heterocycles. The number of hydrogen-bond acceptors (Lipinski definition) is 5. The Bertz CT molecular complexity index is 650. The maximum atomic E-state index is 12.6. The molecule has 8 heteroatoms. The van der Waals surface area contributed by atoms with E-state index in [1.807, 2.05) is 6.92 Å². The van der Waals surface area contributed by atoms with Crippen LogP contribution in [0.25, 0.3) is 0 Å². The fourth-order valence-electron chi connectivity index (χ4n) is 2.40. The number of hydrogen-bond donors (Lipinski definition) is 1. The molecule has 6 nitrogen and oxygen atoms in total. The van der Waals surface area contributed by atoms with E-state index in [0.29, 0.717) is 19.6 Å². The molecule has 1 aliphatic rings. The van der Waals surface area contributed by atoms with Gasteiger partial charge in [-0.25, -0.2) is 13.2 Å². The molecule has 2 rings (SSSR count). The van der Waals surface area contributed by atoms with E-state index in [0.717, 1.165) is 6.42 Å². The van der Waals surface area contributed by atoms with Gasteiger partial charge < -0.3 is 10.5 Å². The average molecular weight is 349 g/mol. The van der Waals surface area contributed by atoms with Crippen molar-refractivity contribution in [2.45, 2.75) is 18.2 Å². The van der Waals surface area contributed by atoms with Crippen molar-refractivity contribution in [1.82, 2.24) is 4.31 Å². The van der Waals surface area contributed by atoms with Gasteiger partial charge >= 0.3 is 5.97 Å². The Kier molecular flexibility index (Phi) is 5.97. The van der Waals surface area contributed by atoms with Crippen LogP contribution < -0.4 is 5.73 Å². The van der Waals surface area contributed by atoms with E-state index >= 15 is 0 Å². The van der Waals surface area contributed by atoms with Crippen LogP contribution >= 0.6 is 12.4 Å². The van der Waals surface area contributed by atoms with Crippen molar-refractivity contribution in [3.8, 4) is 0 Å². The zero-order chi connectivity index (χ0) is 15.7. The number of nitrogens with zero attached hydrogens (tertiary/aromatic N) is 1. The minimum Gasteiger partial charge on any atom is -0.465 e. The zero-order valence-electron chi connectivity index (χ0n) is 12.6. The third kappa shape index (κ3) is 3.60. The predicted octanol–water partition coefficient (Wildman–Crippen LogP) is 1.25. The van der Waals surface area contributed by atoms with Crippen molar-refractivity contribution in [2.24, 2.45) is 11.1 Å². The monoisotopic (exact) mass is 348 g/mol. The molecule has 1 aromatic rings. The van der Waals surface area contributed by atoms with Gasteiger partial charge in [-0.1, -0.05) is 13.0 Å². The van der Waals surface area contributed by atoms with Gasteiger partial charge in [-0.15, -0.1) is 12.4 Å². The molecular weight excluding hydrogens is 328 g/mol. The van der Waals surface area contributed by atoms with Crippen molar-refractivity contribution < 1.29 is 17.9 Å². The molecule has 1 aromatic carbocycles. The Morgan fingerprint density at radius 2 is 2.14 bits per heavy atom. The van der Waals surface area contributed by atoms with Gasteiger partial charge in [0.15, 0.2) is 0 Å². The number of methoxy groups -OCH3 is 1. The number of sulfonamides is 1. The van der Waals surface area contributed by atoms with Crippen molar-refractivity contribution in [3.63, 3.8) is 0 Å². The molecule has 1 heterocycles. The first-order valence-electron chi connectivity index (χ1n) is 6.71. The number of carbonyl (C=O) groups is 1. The maximum absolute atomic E-state index is 12.6. The lowest BCUT2D eigenvalue weighted by Gasteiger charge is -2.22. The second kappa shape index (κ2) is 6.95. The van der Waals surface area contributed by atoms with Gasteiger partial charge in [0.05, 0.1) is 17.6 Å². The summed E-state index contributed by atoms with van der Waals surface area (Å²) in [6.07, 6.45) is 0.736. The zero-order valence-corrected chi connectivity index (χ0v) is 14.2. The number of benzene rings is 1. The lowest BCUT2D eigenvalue weighted by Crippen LogP contribution is -2.34. The van der Waals surface area contributed by atoms with E-state index in [9.17, 15) is 13.2 Å². The first kappa shape index (κ1) is 18.9. The van der Waals surface area contributed by atoms with Crippen LogP contribution in [0.5, 0.6) is 0 Å². The fraction of sp³-hybridized carbons (Fsp3) is 0.500. The summed E-state index contributed by atoms with van der Waals surface area (Å²) in [4.78, 5) is 11.6. The van der Waals surface area contributed by atoms with E-state index < -0.39 is 16.0 Å². The number of carbonyl (C=O) groups excluding carboxylic acids is 1. The molecule has 124 valence electrons. The number of esters is 1. The van der Waals surface area contributed by atoms with Gasteiger partial charge in [0, 0.05) is 13.1 Å². The molecule has 0 aromatic heterocycles. The lowest BCUT2D eigenvalue weighted by molar-refractivity contribution is 0.0600. The summed E-state index contributed by atoms with van der Waals surface area (Å²) in [7, 11) is -2.35. The minimum absolute atomic E-state index is 0. The molecule has 1 unspecified atom stereocenters. The van der Waals surface area contributed by atoms with Crippen LogP contribution in [0.1, 0.15) is 23.7 Å². The fourth-order valence-corrected chi connectivity index (χ4v) is 4.04. The molecule has 0 saturated carbocycles. The van der Waals surface area contributed by atoms with Crippen molar-refractivity contribution in [3.05, 3.63) is 29.8 Å². The normalized spacial score (nSPS) is 22.1. The largest absolute Gasteiger partial charge is 0.465 e. The number of ether oxygens (including phenoxy) is 1. The van der Waals surface area contributed by atoms with Crippen molar-refractivity contribution in [1.29, 1.82) is 0 Å². The van der Waals surface area contributed by atoms with Crippen LogP contribution in [-0.2, 0) is 14.8 Å². The van der Waals surface area contributed by atoms with E-state index in [4.69, 9.17) is 5.73 Å². The Balaban J connectivity index is 0.00000242. The van der Waals surface area contributed by atoms with Crippen LogP contribution in [0.2, 0.25) is 0 Å². The van der Waals surface area contributed by atoms with Crippen LogP contribution in [0.15, 0.2) is 29.2 Å². The maximum Gasteiger partial charge on any atom is 0.337 e. The van der Waals surface area contributed by atoms with Crippen LogP contribution in [-0.4, -0.2) is 45.4 Å². The third-order valence-electron chi connectivity index (χ3n) is 3.91. The topological polar surface area (TPSA) is 89.7 Å². The standard InChI is InChI=1S/C14H20N2O4S.ClH/c1-14(9-15)6-7-16(10-14)21(18,19)12-5-3-4-11(8-12)13(17)20-2;/h3-5,8H,6-7,9-10,15H2,1-2H3;1H. The molecule has 2 N–H and O–H groups in total. The summed E-state index contributed by atoms with van der Waals surface area (Å²) in [5, 5.41) is 0. The summed E-state index contributed by atoms with van der Waals surface area (Å²) in [6, 6.07) is 5.90. The molecule has 0 amide bonds. The van der Waals surface area contributed by atoms with Gasteiger partial charge in [0.25, 0.3) is 0 Å². The summed E-state index contributed by atoms with van der Waals surface area (Å²) >= 11 is 0. The van der Waals surface area contributed by atoms with Gasteiger partial charge in [-0.2, -0.15) is 4.31 Å². The summed E-state index contributed by atoms with van der Waals surface area (Å²) in [6.45, 7) is 3.27. The van der Waals surface area contributed by atoms with Crippen LogP contribution in [0.3, 0.4) is 0 Å². The molecular formula is C14H21ClN2O4S. The Hall–Kier alpha value is -1.15. The first-order chi connectivity index (χ1) is 9.82. The summed E-state index contributed by atoms with van der Waals surface area (Å²) in [5.74, 6) is -0.555. The smallest absolute Gasteiger partial charge is 0.337 e. The average Bonchev–Trinajstić information content (AvgIpc) is 2.90. The van der Waals surface area contributed by atoms with Crippen molar-refractivity contribution in [2.75, 3.05) is 26.7 Å². The molecule has 1 fully saturated rings. The Labute approximate surface area is 137 Å². The predicted molar refractivity (Wildman–Crippen MR) is 85.6 cm³/mol. The number of halogens is 1. The Morgan fingerprint density at radius 3 is 2.68 bits per heavy atom. The van der Waals surface area contributed by atoms with E-state index in [-0.39, 0.29) is 28.3 Å². The lowest BCUT2D eigenvalue weighted by atomic mass is 9.90. The highest BCUT2D eigenvalue weighted by Crippen LogP contribution is 2.32. The van der Waals surface area contributed by atoms with E-state index in [2.05, 4.69) is 4.74 Å². The second-order valence-corrected chi connectivity index (χ2v) is 7.56. The van der Waals surface area contributed by atoms with E-state index in [1.54, 1.807) is 0 Å². The summed E-state index contributed by atoms with van der Waals surface area (Å²) < 4.78 is 31.3. The Morgan fingerprint density at radius 1 is 1.45 bits per heavy atom. The van der Waals surface area contributed by atoms with Crippen LogP contribution in [0.4, 0.5) is 0 Å². The first-order valence-corrected chi connectivity index (χ1v) is 8.15. The summed E-state index contributed by atoms with van der Waals surface area (Å²) in [5.41, 5.74) is 5.75. The SMILES string of the molecule is COC(=O)c1cccc(S(=O)(=O)N2CCC(C)(CN)C2)c1.Cl. The molecule has 0 bridgehead atoms. The van der Waals surface area contributed by atoms with Gasteiger partial charge in [-0.3, -0.25) is 0 Å². The van der Waals surface area contributed by atoms with Gasteiger partial charge in [-0.05, 0) is 36.6 Å². The third-order valence-corrected chi connectivity index (χ3v) is 5.75. The molecule has 22 heavy (non-hydrogen) atoms. The van der Waals surface area contributed by atoms with Gasteiger partial charge in [0.1, 0.15) is 0 Å². The minimum atomic E-state index is -3.61. The van der Waals surface area contributed by atoms with Crippen molar-refractivity contribution >= 4 is 28.4 Å². The van der Waals surface area contributed by atoms with Crippen LogP contribution in [0, 0.1) is 5.41 Å². The number of rotatable bonds is 4. The quantitative estimate of drug-likeness (QED) is 0.827. The second-order valence-electron chi connectivity index (χ2n) is 5.62. The highest BCUT2D eigenvalue weighted by molar-refractivity contribution is 7.89. The van der Waals surface area contributed by atoms with Gasteiger partial charge in [0.2, 0.25) is 10.0 Å².